The van der Waals surface area contributed by atoms with Gasteiger partial charge in [0.25, 0.3) is 0 Å². The van der Waals surface area contributed by atoms with Gasteiger partial charge in [-0.25, -0.2) is 4.79 Å². The maximum atomic E-state index is 12.2. The number of hydrogen-bond donors (Lipinski definition) is 3. The molecule has 0 bridgehead atoms. The molecular weight excluding hydrogens is 350 g/mol. The van der Waals surface area contributed by atoms with E-state index in [2.05, 4.69) is 16.0 Å². The van der Waals surface area contributed by atoms with Crippen molar-refractivity contribution >= 4 is 34.6 Å². The van der Waals surface area contributed by atoms with Gasteiger partial charge in [0, 0.05) is 23.1 Å². The van der Waals surface area contributed by atoms with Gasteiger partial charge in [0.1, 0.15) is 0 Å². The molecule has 0 atom stereocenters. The SMILES string of the molecule is C/C(=C\C(=O)Nc1ccc(NC(=O)Nc2ccccc2)cc1)c1ccccc1. The van der Waals surface area contributed by atoms with Crippen LogP contribution in [0, 0.1) is 0 Å². The van der Waals surface area contributed by atoms with Gasteiger partial charge in [-0.3, -0.25) is 4.79 Å². The second-order valence-corrected chi connectivity index (χ2v) is 6.21. The second-order valence-electron chi connectivity index (χ2n) is 6.21. The predicted molar refractivity (Wildman–Crippen MR) is 114 cm³/mol. The first-order valence-electron chi connectivity index (χ1n) is 8.88. The zero-order valence-corrected chi connectivity index (χ0v) is 15.5. The maximum absolute atomic E-state index is 12.2. The van der Waals surface area contributed by atoms with Gasteiger partial charge < -0.3 is 16.0 Å². The quantitative estimate of drug-likeness (QED) is 0.528. The Morgan fingerprint density at radius 1 is 0.643 bits per heavy atom. The summed E-state index contributed by atoms with van der Waals surface area (Å²) in [5.41, 5.74) is 3.87. The van der Waals surface area contributed by atoms with Gasteiger partial charge in [-0.05, 0) is 54.5 Å². The third-order valence-electron chi connectivity index (χ3n) is 4.02. The molecule has 3 aromatic carbocycles. The fourth-order valence-corrected chi connectivity index (χ4v) is 2.61. The normalized spacial score (nSPS) is 10.8. The lowest BCUT2D eigenvalue weighted by Crippen LogP contribution is -2.19. The predicted octanol–water partition coefficient (Wildman–Crippen LogP) is 5.37. The number of anilines is 3. The van der Waals surface area contributed by atoms with E-state index >= 15 is 0 Å². The summed E-state index contributed by atoms with van der Waals surface area (Å²) in [7, 11) is 0. The van der Waals surface area contributed by atoms with E-state index in [9.17, 15) is 9.59 Å². The van der Waals surface area contributed by atoms with Crippen molar-refractivity contribution in [3.63, 3.8) is 0 Å². The number of carbonyl (C=O) groups is 2. The number of urea groups is 1. The molecule has 5 nitrogen and oxygen atoms in total. The summed E-state index contributed by atoms with van der Waals surface area (Å²) in [5, 5.41) is 8.32. The van der Waals surface area contributed by atoms with E-state index in [4.69, 9.17) is 0 Å². The van der Waals surface area contributed by atoms with Crippen LogP contribution < -0.4 is 16.0 Å². The van der Waals surface area contributed by atoms with Crippen molar-refractivity contribution in [3.8, 4) is 0 Å². The summed E-state index contributed by atoms with van der Waals surface area (Å²) in [6.45, 7) is 1.90. The molecule has 5 heteroatoms. The van der Waals surface area contributed by atoms with E-state index in [-0.39, 0.29) is 11.9 Å². The third kappa shape index (κ3) is 5.57. The summed E-state index contributed by atoms with van der Waals surface area (Å²) in [5.74, 6) is -0.205. The molecule has 3 N–H and O–H groups in total. The van der Waals surface area contributed by atoms with Crippen LogP contribution in [0.3, 0.4) is 0 Å². The number of carbonyl (C=O) groups excluding carboxylic acids is 2. The molecular formula is C23H21N3O2. The van der Waals surface area contributed by atoms with Gasteiger partial charge in [0.15, 0.2) is 0 Å². The van der Waals surface area contributed by atoms with E-state index in [0.29, 0.717) is 17.1 Å². The van der Waals surface area contributed by atoms with Crippen LogP contribution in [0.2, 0.25) is 0 Å². The number of para-hydroxylation sites is 1. The van der Waals surface area contributed by atoms with Crippen LogP contribution in [0.25, 0.3) is 5.57 Å². The first-order chi connectivity index (χ1) is 13.6. The maximum Gasteiger partial charge on any atom is 0.323 e. The summed E-state index contributed by atoms with van der Waals surface area (Å²) in [6, 6.07) is 25.5. The lowest BCUT2D eigenvalue weighted by molar-refractivity contribution is -0.111. The van der Waals surface area contributed by atoms with Crippen molar-refractivity contribution in [1.82, 2.24) is 0 Å². The van der Waals surface area contributed by atoms with Crippen molar-refractivity contribution in [2.75, 3.05) is 16.0 Å². The van der Waals surface area contributed by atoms with Crippen molar-refractivity contribution in [1.29, 1.82) is 0 Å². The van der Waals surface area contributed by atoms with Crippen molar-refractivity contribution in [2.45, 2.75) is 6.92 Å². The zero-order chi connectivity index (χ0) is 19.8. The highest BCUT2D eigenvalue weighted by molar-refractivity contribution is 6.04. The van der Waals surface area contributed by atoms with Gasteiger partial charge in [-0.1, -0.05) is 48.5 Å². The lowest BCUT2D eigenvalue weighted by atomic mass is 10.1. The first-order valence-corrected chi connectivity index (χ1v) is 8.88. The molecule has 0 unspecified atom stereocenters. The second kappa shape index (κ2) is 9.19. The molecule has 0 aliphatic rings. The summed E-state index contributed by atoms with van der Waals surface area (Å²) in [6.07, 6.45) is 1.56. The number of benzene rings is 3. The van der Waals surface area contributed by atoms with Crippen LogP contribution in [0.5, 0.6) is 0 Å². The highest BCUT2D eigenvalue weighted by atomic mass is 16.2. The summed E-state index contributed by atoms with van der Waals surface area (Å²) < 4.78 is 0. The summed E-state index contributed by atoms with van der Waals surface area (Å²) in [4.78, 5) is 24.2. The Morgan fingerprint density at radius 3 is 1.68 bits per heavy atom. The number of hydrogen-bond acceptors (Lipinski definition) is 2. The lowest BCUT2D eigenvalue weighted by Gasteiger charge is -2.09. The molecule has 0 aliphatic heterocycles. The third-order valence-corrected chi connectivity index (χ3v) is 4.02. The van der Waals surface area contributed by atoms with Crippen LogP contribution >= 0.6 is 0 Å². The van der Waals surface area contributed by atoms with Crippen LogP contribution in [-0.2, 0) is 4.79 Å². The molecule has 3 amide bonds. The van der Waals surface area contributed by atoms with Gasteiger partial charge in [0.05, 0.1) is 0 Å². The molecule has 0 fully saturated rings. The van der Waals surface area contributed by atoms with Crippen LogP contribution in [-0.4, -0.2) is 11.9 Å². The van der Waals surface area contributed by atoms with Crippen LogP contribution in [0.15, 0.2) is 91.0 Å². The number of allylic oxidation sites excluding steroid dienone is 1. The monoisotopic (exact) mass is 371 g/mol. The minimum atomic E-state index is -0.329. The molecule has 3 aromatic rings. The van der Waals surface area contributed by atoms with E-state index in [1.807, 2.05) is 67.6 Å². The fourth-order valence-electron chi connectivity index (χ4n) is 2.61. The molecule has 0 saturated carbocycles. The van der Waals surface area contributed by atoms with Crippen LogP contribution in [0.4, 0.5) is 21.9 Å². The molecule has 0 spiro atoms. The number of nitrogens with one attached hydrogen (secondary N) is 3. The molecule has 28 heavy (non-hydrogen) atoms. The minimum absolute atomic E-state index is 0.205. The number of amides is 3. The first kappa shape index (κ1) is 18.9. The Balaban J connectivity index is 1.55. The van der Waals surface area contributed by atoms with Gasteiger partial charge in [0.2, 0.25) is 5.91 Å². The molecule has 0 saturated heterocycles. The van der Waals surface area contributed by atoms with Crippen LogP contribution in [0.1, 0.15) is 12.5 Å². The van der Waals surface area contributed by atoms with Crippen molar-refractivity contribution < 1.29 is 9.59 Å². The Morgan fingerprint density at radius 2 is 1.11 bits per heavy atom. The summed E-state index contributed by atoms with van der Waals surface area (Å²) >= 11 is 0. The average Bonchev–Trinajstić information content (AvgIpc) is 2.71. The minimum Gasteiger partial charge on any atom is -0.323 e. The van der Waals surface area contributed by atoms with Gasteiger partial charge >= 0.3 is 6.03 Å². The average molecular weight is 371 g/mol. The topological polar surface area (TPSA) is 70.2 Å². The van der Waals surface area contributed by atoms with Gasteiger partial charge in [-0.15, -0.1) is 0 Å². The van der Waals surface area contributed by atoms with Crippen molar-refractivity contribution in [3.05, 3.63) is 96.6 Å². The fraction of sp³-hybridized carbons (Fsp3) is 0.0435. The van der Waals surface area contributed by atoms with Gasteiger partial charge in [-0.2, -0.15) is 0 Å². The molecule has 0 aromatic heterocycles. The van der Waals surface area contributed by atoms with E-state index in [1.165, 1.54) is 0 Å². The molecule has 0 radical (unpaired) electrons. The zero-order valence-electron chi connectivity index (χ0n) is 15.5. The molecule has 3 rings (SSSR count). The standard InChI is InChI=1S/C23H21N3O2/c1-17(18-8-4-2-5-9-18)16-22(27)24-20-12-14-21(15-13-20)26-23(28)25-19-10-6-3-7-11-19/h2-16H,1H3,(H,24,27)(H2,25,26,28)/b17-16+. The largest absolute Gasteiger partial charge is 0.323 e. The van der Waals surface area contributed by atoms with E-state index < -0.39 is 0 Å². The highest BCUT2D eigenvalue weighted by Gasteiger charge is 2.04. The Hall–Kier alpha value is -3.86. The Bertz CT molecular complexity index is 966. The highest BCUT2D eigenvalue weighted by Crippen LogP contribution is 2.16. The molecule has 0 heterocycles. The number of rotatable bonds is 5. The Labute approximate surface area is 164 Å². The van der Waals surface area contributed by atoms with Crippen molar-refractivity contribution in [2.24, 2.45) is 0 Å². The smallest absolute Gasteiger partial charge is 0.323 e. The molecule has 0 aliphatic carbocycles. The Kier molecular flexibility index (Phi) is 6.21. The van der Waals surface area contributed by atoms with E-state index in [1.54, 1.807) is 30.3 Å². The molecule has 140 valence electrons. The van der Waals surface area contributed by atoms with E-state index in [0.717, 1.165) is 11.1 Å².